The number of nitrogens with one attached hydrogen (secondary N) is 2. The summed E-state index contributed by atoms with van der Waals surface area (Å²) < 4.78 is 5.18. The molecular weight excluding hydrogens is 264 g/mol. The lowest BCUT2D eigenvalue weighted by Crippen LogP contribution is -2.39. The van der Waals surface area contributed by atoms with Gasteiger partial charge in [-0.2, -0.15) is 0 Å². The number of hydrogen-bond acceptors (Lipinski definition) is 3. The highest BCUT2D eigenvalue weighted by Gasteiger charge is 2.42. The van der Waals surface area contributed by atoms with Crippen LogP contribution in [0.3, 0.4) is 0 Å². The molecule has 1 aromatic carbocycles. The van der Waals surface area contributed by atoms with Gasteiger partial charge in [-0.1, -0.05) is 19.1 Å². The quantitative estimate of drug-likeness (QED) is 0.875. The van der Waals surface area contributed by atoms with E-state index in [-0.39, 0.29) is 17.9 Å². The van der Waals surface area contributed by atoms with Crippen LogP contribution in [0.5, 0.6) is 5.75 Å². The average molecular weight is 288 g/mol. The number of carbonyl (C=O) groups is 1. The van der Waals surface area contributed by atoms with E-state index in [0.29, 0.717) is 12.1 Å². The first-order valence-electron chi connectivity index (χ1n) is 7.91. The molecule has 3 rings (SSSR count). The van der Waals surface area contributed by atoms with Crippen molar-refractivity contribution >= 4 is 5.91 Å². The monoisotopic (exact) mass is 288 g/mol. The molecule has 0 spiro atoms. The van der Waals surface area contributed by atoms with E-state index in [2.05, 4.69) is 17.6 Å². The summed E-state index contributed by atoms with van der Waals surface area (Å²) in [5.41, 5.74) is 1.14. The molecule has 21 heavy (non-hydrogen) atoms. The van der Waals surface area contributed by atoms with Crippen LogP contribution in [0.15, 0.2) is 24.3 Å². The van der Waals surface area contributed by atoms with E-state index in [4.69, 9.17) is 4.74 Å². The summed E-state index contributed by atoms with van der Waals surface area (Å²) in [6, 6.07) is 9.00. The zero-order valence-electron chi connectivity index (χ0n) is 12.8. The first-order valence-corrected chi connectivity index (χ1v) is 7.91. The van der Waals surface area contributed by atoms with Gasteiger partial charge in [-0.3, -0.25) is 4.79 Å². The van der Waals surface area contributed by atoms with E-state index in [1.54, 1.807) is 7.11 Å². The van der Waals surface area contributed by atoms with E-state index < -0.39 is 0 Å². The fraction of sp³-hybridized carbons (Fsp3) is 0.588. The summed E-state index contributed by atoms with van der Waals surface area (Å²) in [4.78, 5) is 12.5. The average Bonchev–Trinajstić information content (AvgIpc) is 3.15. The first-order chi connectivity index (χ1) is 10.2. The van der Waals surface area contributed by atoms with Gasteiger partial charge in [-0.15, -0.1) is 0 Å². The standard InChI is InChI=1S/C17H24N2O2/c1-3-15(11-4-7-13(21-2)8-5-11)19-17(20)14-10-12-6-9-16(14)18-12/h4-5,7-8,12,14-16,18H,3,6,9-10H2,1-2H3,(H,19,20). The molecule has 4 unspecified atom stereocenters. The van der Waals surface area contributed by atoms with Gasteiger partial charge in [0, 0.05) is 12.1 Å². The second-order valence-corrected chi connectivity index (χ2v) is 6.13. The molecule has 2 heterocycles. The first kappa shape index (κ1) is 14.4. The second kappa shape index (κ2) is 6.06. The molecule has 2 N–H and O–H groups in total. The van der Waals surface area contributed by atoms with E-state index in [1.165, 1.54) is 6.42 Å². The number of rotatable bonds is 5. The number of methoxy groups -OCH3 is 1. The molecule has 4 heteroatoms. The molecule has 114 valence electrons. The van der Waals surface area contributed by atoms with Gasteiger partial charge in [0.25, 0.3) is 0 Å². The Morgan fingerprint density at radius 3 is 2.67 bits per heavy atom. The number of carbonyl (C=O) groups excluding carboxylic acids is 1. The normalized spacial score (nSPS) is 28.4. The second-order valence-electron chi connectivity index (χ2n) is 6.13. The van der Waals surface area contributed by atoms with Gasteiger partial charge in [-0.05, 0) is 43.4 Å². The molecule has 4 nitrogen and oxygen atoms in total. The van der Waals surface area contributed by atoms with Gasteiger partial charge < -0.3 is 15.4 Å². The highest BCUT2D eigenvalue weighted by molar-refractivity contribution is 5.80. The Labute approximate surface area is 126 Å². The van der Waals surface area contributed by atoms with Gasteiger partial charge >= 0.3 is 0 Å². The molecule has 4 atom stereocenters. The number of hydrogen-bond donors (Lipinski definition) is 2. The van der Waals surface area contributed by atoms with Gasteiger partial charge in [0.1, 0.15) is 5.75 Å². The molecular formula is C17H24N2O2. The molecule has 1 amide bonds. The molecule has 0 radical (unpaired) electrons. The minimum absolute atomic E-state index is 0.0857. The molecule has 0 saturated carbocycles. The predicted octanol–water partition coefficient (Wildman–Crippen LogP) is 2.40. The van der Waals surface area contributed by atoms with Gasteiger partial charge in [0.05, 0.1) is 19.1 Å². The number of benzene rings is 1. The Morgan fingerprint density at radius 2 is 2.14 bits per heavy atom. The largest absolute Gasteiger partial charge is 0.497 e. The lowest BCUT2D eigenvalue weighted by molar-refractivity contribution is -0.126. The SMILES string of the molecule is CCC(NC(=O)C1CC2CCC1N2)c1ccc(OC)cc1. The smallest absolute Gasteiger partial charge is 0.225 e. The number of fused-ring (bicyclic) bond motifs is 2. The third-order valence-corrected chi connectivity index (χ3v) is 4.88. The van der Waals surface area contributed by atoms with Crippen LogP contribution in [-0.4, -0.2) is 25.1 Å². The summed E-state index contributed by atoms with van der Waals surface area (Å²) in [5, 5.41) is 6.76. The molecule has 2 fully saturated rings. The maximum Gasteiger partial charge on any atom is 0.225 e. The Kier molecular flexibility index (Phi) is 4.15. The van der Waals surface area contributed by atoms with E-state index in [0.717, 1.165) is 30.6 Å². The van der Waals surface area contributed by atoms with Crippen molar-refractivity contribution in [3.8, 4) is 5.75 Å². The highest BCUT2D eigenvalue weighted by atomic mass is 16.5. The summed E-state index contributed by atoms with van der Waals surface area (Å²) >= 11 is 0. The molecule has 2 aliphatic heterocycles. The Bertz CT molecular complexity index is 500. The van der Waals surface area contributed by atoms with E-state index in [1.807, 2.05) is 24.3 Å². The third-order valence-electron chi connectivity index (χ3n) is 4.88. The van der Waals surface area contributed by atoms with Crippen molar-refractivity contribution in [2.45, 2.75) is 50.7 Å². The van der Waals surface area contributed by atoms with Crippen LogP contribution < -0.4 is 15.4 Å². The van der Waals surface area contributed by atoms with Crippen LogP contribution in [0.2, 0.25) is 0 Å². The summed E-state index contributed by atoms with van der Waals surface area (Å²) in [7, 11) is 1.66. The van der Waals surface area contributed by atoms with Crippen molar-refractivity contribution in [3.63, 3.8) is 0 Å². The van der Waals surface area contributed by atoms with Crippen LogP contribution in [0.4, 0.5) is 0 Å². The van der Waals surface area contributed by atoms with Crippen molar-refractivity contribution in [1.29, 1.82) is 0 Å². The van der Waals surface area contributed by atoms with Crippen LogP contribution in [0.1, 0.15) is 44.2 Å². The molecule has 0 aromatic heterocycles. The minimum atomic E-state index is 0.0857. The lowest BCUT2D eigenvalue weighted by atomic mass is 9.88. The third kappa shape index (κ3) is 2.91. The van der Waals surface area contributed by atoms with Crippen LogP contribution >= 0.6 is 0 Å². The van der Waals surface area contributed by atoms with Crippen LogP contribution in [0.25, 0.3) is 0 Å². The number of ether oxygens (including phenoxy) is 1. The summed E-state index contributed by atoms with van der Waals surface area (Å²) in [6.07, 6.45) is 4.26. The minimum Gasteiger partial charge on any atom is -0.497 e. The molecule has 1 aromatic rings. The van der Waals surface area contributed by atoms with Gasteiger partial charge in [0.15, 0.2) is 0 Å². The maximum absolute atomic E-state index is 12.5. The van der Waals surface area contributed by atoms with Crippen molar-refractivity contribution in [3.05, 3.63) is 29.8 Å². The number of amides is 1. The highest BCUT2D eigenvalue weighted by Crippen LogP contribution is 2.34. The van der Waals surface area contributed by atoms with Crippen molar-refractivity contribution in [2.75, 3.05) is 7.11 Å². The van der Waals surface area contributed by atoms with Crippen molar-refractivity contribution < 1.29 is 9.53 Å². The zero-order valence-corrected chi connectivity index (χ0v) is 12.8. The molecule has 0 aliphatic carbocycles. The summed E-state index contributed by atoms with van der Waals surface area (Å²) in [5.74, 6) is 1.20. The van der Waals surface area contributed by atoms with Gasteiger partial charge in [-0.25, -0.2) is 0 Å². The Balaban J connectivity index is 1.64. The zero-order chi connectivity index (χ0) is 14.8. The van der Waals surface area contributed by atoms with E-state index in [9.17, 15) is 4.79 Å². The summed E-state index contributed by atoms with van der Waals surface area (Å²) in [6.45, 7) is 2.11. The van der Waals surface area contributed by atoms with Crippen LogP contribution in [0, 0.1) is 5.92 Å². The van der Waals surface area contributed by atoms with Crippen LogP contribution in [-0.2, 0) is 4.79 Å². The van der Waals surface area contributed by atoms with Crippen molar-refractivity contribution in [1.82, 2.24) is 10.6 Å². The fourth-order valence-electron chi connectivity index (χ4n) is 3.65. The van der Waals surface area contributed by atoms with Gasteiger partial charge in [0.2, 0.25) is 5.91 Å². The predicted molar refractivity (Wildman–Crippen MR) is 82.2 cm³/mol. The topological polar surface area (TPSA) is 50.4 Å². The fourth-order valence-corrected chi connectivity index (χ4v) is 3.65. The lowest BCUT2D eigenvalue weighted by Gasteiger charge is -2.24. The Hall–Kier alpha value is -1.55. The maximum atomic E-state index is 12.5. The molecule has 2 aliphatic rings. The molecule has 2 bridgehead atoms. The van der Waals surface area contributed by atoms with Crippen molar-refractivity contribution in [2.24, 2.45) is 5.92 Å². The Morgan fingerprint density at radius 1 is 1.38 bits per heavy atom. The molecule has 2 saturated heterocycles. The van der Waals surface area contributed by atoms with E-state index >= 15 is 0 Å².